The Morgan fingerprint density at radius 1 is 1.62 bits per heavy atom. The molecule has 0 spiro atoms. The van der Waals surface area contributed by atoms with Crippen LogP contribution in [0.5, 0.6) is 5.75 Å². The van der Waals surface area contributed by atoms with Crippen LogP contribution in [-0.4, -0.2) is 37.2 Å². The molecule has 2 rings (SSSR count). The van der Waals surface area contributed by atoms with Crippen molar-refractivity contribution < 1.29 is 10.0 Å². The standard InChI is InChI=1S/C11H12N6O3S/c1-2-21-11-13-10(15-16-11)14-12-6-7-5-8(17(19)20)3-4-9(7)18/h3-6,18H,2H2,1H3,(H2,13,14,15,16)/b12-6+. The number of aromatic nitrogens is 3. The van der Waals surface area contributed by atoms with Crippen LogP contribution in [0.25, 0.3) is 0 Å². The maximum atomic E-state index is 10.7. The van der Waals surface area contributed by atoms with Crippen LogP contribution in [0.4, 0.5) is 11.6 Å². The molecular formula is C11H12N6O3S. The van der Waals surface area contributed by atoms with Crippen molar-refractivity contribution in [3.8, 4) is 5.75 Å². The van der Waals surface area contributed by atoms with Gasteiger partial charge in [-0.1, -0.05) is 18.7 Å². The van der Waals surface area contributed by atoms with Gasteiger partial charge in [0.2, 0.25) is 11.1 Å². The zero-order valence-corrected chi connectivity index (χ0v) is 11.8. The Morgan fingerprint density at radius 3 is 3.14 bits per heavy atom. The number of H-pyrrole nitrogens is 1. The van der Waals surface area contributed by atoms with Crippen molar-refractivity contribution in [2.24, 2.45) is 5.10 Å². The number of aromatic hydroxyl groups is 1. The zero-order chi connectivity index (χ0) is 15.2. The second-order valence-electron chi connectivity index (χ2n) is 3.77. The Morgan fingerprint density at radius 2 is 2.43 bits per heavy atom. The number of hydrogen-bond donors (Lipinski definition) is 3. The number of phenolic OH excluding ortho intramolecular Hbond substituents is 1. The first-order chi connectivity index (χ1) is 10.1. The lowest BCUT2D eigenvalue weighted by Gasteiger charge is -1.98. The molecule has 0 saturated carbocycles. The summed E-state index contributed by atoms with van der Waals surface area (Å²) in [5.41, 5.74) is 2.69. The van der Waals surface area contributed by atoms with Crippen LogP contribution in [0.15, 0.2) is 28.5 Å². The van der Waals surface area contributed by atoms with E-state index in [2.05, 4.69) is 25.7 Å². The quantitative estimate of drug-likeness (QED) is 0.322. The molecular weight excluding hydrogens is 296 g/mol. The number of anilines is 1. The molecule has 0 aliphatic rings. The minimum Gasteiger partial charge on any atom is -0.507 e. The van der Waals surface area contributed by atoms with Crippen molar-refractivity contribution >= 4 is 29.6 Å². The van der Waals surface area contributed by atoms with E-state index in [9.17, 15) is 15.2 Å². The van der Waals surface area contributed by atoms with E-state index in [0.29, 0.717) is 11.1 Å². The maximum Gasteiger partial charge on any atom is 0.270 e. The van der Waals surface area contributed by atoms with Gasteiger partial charge < -0.3 is 5.11 Å². The van der Waals surface area contributed by atoms with Gasteiger partial charge in [-0.2, -0.15) is 10.1 Å². The third kappa shape index (κ3) is 3.92. The van der Waals surface area contributed by atoms with E-state index in [1.807, 2.05) is 6.92 Å². The summed E-state index contributed by atoms with van der Waals surface area (Å²) >= 11 is 1.47. The monoisotopic (exact) mass is 308 g/mol. The summed E-state index contributed by atoms with van der Waals surface area (Å²) in [6.45, 7) is 1.98. The number of hydrogen-bond acceptors (Lipinski definition) is 8. The lowest BCUT2D eigenvalue weighted by molar-refractivity contribution is -0.384. The number of nitrogens with one attached hydrogen (secondary N) is 2. The number of nitro groups is 1. The van der Waals surface area contributed by atoms with E-state index < -0.39 is 4.92 Å². The lowest BCUT2D eigenvalue weighted by atomic mass is 10.2. The normalized spacial score (nSPS) is 10.9. The summed E-state index contributed by atoms with van der Waals surface area (Å²) in [6.07, 6.45) is 1.26. The fourth-order valence-electron chi connectivity index (χ4n) is 1.41. The average Bonchev–Trinajstić information content (AvgIpc) is 2.89. The second-order valence-corrected chi connectivity index (χ2v) is 5.00. The molecule has 110 valence electrons. The van der Waals surface area contributed by atoms with Gasteiger partial charge in [-0.05, 0) is 11.8 Å². The van der Waals surface area contributed by atoms with Crippen molar-refractivity contribution in [3.63, 3.8) is 0 Å². The summed E-state index contributed by atoms with van der Waals surface area (Å²) in [5, 5.41) is 31.3. The van der Waals surface area contributed by atoms with Crippen molar-refractivity contribution in [3.05, 3.63) is 33.9 Å². The largest absolute Gasteiger partial charge is 0.507 e. The number of thioether (sulfide) groups is 1. The molecule has 0 unspecified atom stereocenters. The number of non-ortho nitro benzene ring substituents is 1. The molecule has 0 atom stereocenters. The molecule has 0 bridgehead atoms. The molecule has 1 heterocycles. The van der Waals surface area contributed by atoms with Gasteiger partial charge in [0, 0.05) is 17.7 Å². The molecule has 0 aliphatic heterocycles. The SMILES string of the molecule is CCSc1n[nH]c(N/N=C/c2cc([N+](=O)[O-])ccc2O)n1. The summed E-state index contributed by atoms with van der Waals surface area (Å²) < 4.78 is 0. The van der Waals surface area contributed by atoms with E-state index in [-0.39, 0.29) is 17.0 Å². The Kier molecular flexibility index (Phi) is 4.72. The first kappa shape index (κ1) is 14.8. The second kappa shape index (κ2) is 6.70. The van der Waals surface area contributed by atoms with Gasteiger partial charge in [-0.3, -0.25) is 10.1 Å². The highest BCUT2D eigenvalue weighted by atomic mass is 32.2. The summed E-state index contributed by atoms with van der Waals surface area (Å²) in [4.78, 5) is 14.2. The van der Waals surface area contributed by atoms with Crippen molar-refractivity contribution in [2.45, 2.75) is 12.1 Å². The number of phenols is 1. The van der Waals surface area contributed by atoms with Crippen LogP contribution < -0.4 is 5.43 Å². The molecule has 9 nitrogen and oxygen atoms in total. The highest BCUT2D eigenvalue weighted by Crippen LogP contribution is 2.21. The van der Waals surface area contributed by atoms with Crippen LogP contribution in [0.2, 0.25) is 0 Å². The molecule has 2 aromatic rings. The van der Waals surface area contributed by atoms with E-state index in [4.69, 9.17) is 0 Å². The highest BCUT2D eigenvalue weighted by molar-refractivity contribution is 7.99. The minimum absolute atomic E-state index is 0.106. The van der Waals surface area contributed by atoms with Crippen LogP contribution in [0, 0.1) is 10.1 Å². The van der Waals surface area contributed by atoms with Crippen LogP contribution in [-0.2, 0) is 0 Å². The first-order valence-corrected chi connectivity index (χ1v) is 6.90. The zero-order valence-electron chi connectivity index (χ0n) is 11.0. The van der Waals surface area contributed by atoms with Gasteiger partial charge in [-0.25, -0.2) is 10.5 Å². The summed E-state index contributed by atoms with van der Waals surface area (Å²) in [7, 11) is 0. The van der Waals surface area contributed by atoms with E-state index in [0.717, 1.165) is 5.75 Å². The Bertz CT molecular complexity index is 672. The Labute approximate surface area is 123 Å². The van der Waals surface area contributed by atoms with Crippen LogP contribution in [0.3, 0.4) is 0 Å². The molecule has 1 aromatic heterocycles. The Balaban J connectivity index is 2.06. The van der Waals surface area contributed by atoms with Gasteiger partial charge in [0.05, 0.1) is 11.1 Å². The van der Waals surface area contributed by atoms with Gasteiger partial charge in [0.15, 0.2) is 0 Å². The number of nitro benzene ring substituents is 1. The molecule has 1 aromatic carbocycles. The summed E-state index contributed by atoms with van der Waals surface area (Å²) in [5.74, 6) is 1.08. The predicted molar refractivity (Wildman–Crippen MR) is 78.8 cm³/mol. The number of rotatable bonds is 6. The molecule has 0 amide bonds. The number of benzene rings is 1. The van der Waals surface area contributed by atoms with Gasteiger partial charge in [-0.15, -0.1) is 5.10 Å². The fraction of sp³-hybridized carbons (Fsp3) is 0.182. The number of nitrogens with zero attached hydrogens (tertiary/aromatic N) is 4. The predicted octanol–water partition coefficient (Wildman–Crippen LogP) is 1.98. The van der Waals surface area contributed by atoms with Crippen molar-refractivity contribution in [2.75, 3.05) is 11.2 Å². The molecule has 3 N–H and O–H groups in total. The topological polar surface area (TPSA) is 129 Å². The summed E-state index contributed by atoms with van der Waals surface area (Å²) in [6, 6.07) is 3.67. The van der Waals surface area contributed by atoms with Gasteiger partial charge >= 0.3 is 0 Å². The molecule has 0 radical (unpaired) electrons. The molecule has 21 heavy (non-hydrogen) atoms. The smallest absolute Gasteiger partial charge is 0.270 e. The van der Waals surface area contributed by atoms with E-state index in [1.165, 1.54) is 36.2 Å². The molecule has 0 fully saturated rings. The van der Waals surface area contributed by atoms with E-state index in [1.54, 1.807) is 0 Å². The van der Waals surface area contributed by atoms with Crippen molar-refractivity contribution in [1.29, 1.82) is 0 Å². The highest BCUT2D eigenvalue weighted by Gasteiger charge is 2.08. The van der Waals surface area contributed by atoms with Crippen LogP contribution >= 0.6 is 11.8 Å². The third-order valence-electron chi connectivity index (χ3n) is 2.33. The first-order valence-electron chi connectivity index (χ1n) is 5.92. The fourth-order valence-corrected chi connectivity index (χ4v) is 1.94. The molecule has 0 aliphatic carbocycles. The third-order valence-corrected chi connectivity index (χ3v) is 3.06. The average molecular weight is 308 g/mol. The minimum atomic E-state index is -0.547. The number of aromatic amines is 1. The maximum absolute atomic E-state index is 10.7. The van der Waals surface area contributed by atoms with E-state index >= 15 is 0 Å². The van der Waals surface area contributed by atoms with Crippen molar-refractivity contribution in [1.82, 2.24) is 15.2 Å². The number of hydrazone groups is 1. The van der Waals surface area contributed by atoms with Gasteiger partial charge in [0.25, 0.3) is 5.69 Å². The van der Waals surface area contributed by atoms with Crippen LogP contribution in [0.1, 0.15) is 12.5 Å². The van der Waals surface area contributed by atoms with Gasteiger partial charge in [0.1, 0.15) is 5.75 Å². The molecule has 0 saturated heterocycles. The Hall–Kier alpha value is -2.62. The lowest BCUT2D eigenvalue weighted by Crippen LogP contribution is -1.94. The molecule has 10 heteroatoms.